The number of hydrogen-bond acceptors (Lipinski definition) is 4. The van der Waals surface area contributed by atoms with Crippen LogP contribution in [0.2, 0.25) is 0 Å². The summed E-state index contributed by atoms with van der Waals surface area (Å²) < 4.78 is 1.66. The maximum Gasteiger partial charge on any atom is 0.241 e. The van der Waals surface area contributed by atoms with Gasteiger partial charge in [-0.2, -0.15) is 0 Å². The van der Waals surface area contributed by atoms with Crippen LogP contribution in [-0.4, -0.2) is 44.9 Å². The minimum absolute atomic E-state index is 0.0264. The fourth-order valence-corrected chi connectivity index (χ4v) is 3.82. The average Bonchev–Trinajstić information content (AvgIpc) is 3.11. The zero-order valence-corrected chi connectivity index (χ0v) is 15.6. The molecule has 4 rings (SSSR count). The summed E-state index contributed by atoms with van der Waals surface area (Å²) in [5, 5.41) is 11.3. The van der Waals surface area contributed by atoms with Crippen molar-refractivity contribution in [3.05, 3.63) is 59.7 Å². The van der Waals surface area contributed by atoms with Crippen LogP contribution in [0, 0.1) is 0 Å². The monoisotopic (exact) mass is 363 g/mol. The number of hydrogen-bond donors (Lipinski definition) is 1. The third-order valence-corrected chi connectivity index (χ3v) is 5.40. The summed E-state index contributed by atoms with van der Waals surface area (Å²) >= 11 is 0. The summed E-state index contributed by atoms with van der Waals surface area (Å²) in [5.41, 5.74) is 4.55. The lowest BCUT2D eigenvalue weighted by Crippen LogP contribution is -2.46. The Labute approximate surface area is 159 Å². The molecule has 1 aliphatic heterocycles. The first-order chi connectivity index (χ1) is 13.2. The van der Waals surface area contributed by atoms with Crippen LogP contribution in [0.15, 0.2) is 48.5 Å². The van der Waals surface area contributed by atoms with Gasteiger partial charge in [0.05, 0.1) is 5.52 Å². The van der Waals surface area contributed by atoms with Gasteiger partial charge in [-0.3, -0.25) is 9.69 Å². The molecule has 1 amide bonds. The third-order valence-electron chi connectivity index (χ3n) is 5.40. The van der Waals surface area contributed by atoms with Crippen LogP contribution in [0.5, 0.6) is 0 Å². The Morgan fingerprint density at radius 2 is 1.93 bits per heavy atom. The molecule has 3 aromatic rings. The topological polar surface area (TPSA) is 63.1 Å². The quantitative estimate of drug-likeness (QED) is 0.730. The number of nitrogens with zero attached hydrogens (tertiary/aromatic N) is 4. The van der Waals surface area contributed by atoms with E-state index < -0.39 is 0 Å². The van der Waals surface area contributed by atoms with Gasteiger partial charge in [-0.25, -0.2) is 4.68 Å². The van der Waals surface area contributed by atoms with E-state index in [9.17, 15) is 4.79 Å². The summed E-state index contributed by atoms with van der Waals surface area (Å²) in [6.07, 6.45) is 2.08. The lowest BCUT2D eigenvalue weighted by Gasteiger charge is -2.35. The Hall–Kier alpha value is -2.73. The SMILES string of the molecule is CCC(CNC(=O)Cn1nnc2ccccc21)N1CCc2ccccc2C1. The van der Waals surface area contributed by atoms with Crippen molar-refractivity contribution in [2.75, 3.05) is 13.1 Å². The van der Waals surface area contributed by atoms with Crippen LogP contribution < -0.4 is 5.32 Å². The summed E-state index contributed by atoms with van der Waals surface area (Å²) in [6.45, 7) is 5.03. The van der Waals surface area contributed by atoms with Crippen LogP contribution >= 0.6 is 0 Å². The Morgan fingerprint density at radius 3 is 2.78 bits per heavy atom. The van der Waals surface area contributed by atoms with E-state index in [0.717, 1.165) is 37.0 Å². The molecule has 27 heavy (non-hydrogen) atoms. The first kappa shape index (κ1) is 17.7. The minimum Gasteiger partial charge on any atom is -0.353 e. The number of carbonyl (C=O) groups is 1. The standard InChI is InChI=1S/C21H25N5O/c1-2-18(25-12-11-16-7-3-4-8-17(16)14-25)13-22-21(27)15-26-20-10-6-5-9-19(20)23-24-26/h3-10,18H,2,11-15H2,1H3,(H,22,27). The maximum atomic E-state index is 12.4. The van der Waals surface area contributed by atoms with E-state index in [1.807, 2.05) is 24.3 Å². The molecule has 0 saturated heterocycles. The molecule has 6 heteroatoms. The maximum absolute atomic E-state index is 12.4. The molecule has 2 heterocycles. The lowest BCUT2D eigenvalue weighted by molar-refractivity contribution is -0.122. The summed E-state index contributed by atoms with van der Waals surface area (Å²) in [6, 6.07) is 16.7. The molecular formula is C21H25N5O. The van der Waals surface area contributed by atoms with E-state index >= 15 is 0 Å². The van der Waals surface area contributed by atoms with Gasteiger partial charge >= 0.3 is 0 Å². The molecule has 0 saturated carbocycles. The Balaban J connectivity index is 1.35. The van der Waals surface area contributed by atoms with E-state index in [4.69, 9.17) is 0 Å². The van der Waals surface area contributed by atoms with Gasteiger partial charge in [0.25, 0.3) is 0 Å². The van der Waals surface area contributed by atoms with Crippen molar-refractivity contribution in [1.29, 1.82) is 0 Å². The van der Waals surface area contributed by atoms with Crippen LogP contribution in [0.4, 0.5) is 0 Å². The Morgan fingerprint density at radius 1 is 1.15 bits per heavy atom. The first-order valence-electron chi connectivity index (χ1n) is 9.60. The summed E-state index contributed by atoms with van der Waals surface area (Å²) in [5.74, 6) is -0.0264. The Bertz CT molecular complexity index is 935. The fraction of sp³-hybridized carbons (Fsp3) is 0.381. The van der Waals surface area contributed by atoms with Gasteiger partial charge in [0, 0.05) is 25.7 Å². The van der Waals surface area contributed by atoms with Gasteiger partial charge in [-0.15, -0.1) is 5.10 Å². The number of benzene rings is 2. The molecule has 1 unspecified atom stereocenters. The van der Waals surface area contributed by atoms with Crippen molar-refractivity contribution in [3.8, 4) is 0 Å². The number of fused-ring (bicyclic) bond motifs is 2. The molecular weight excluding hydrogens is 338 g/mol. The first-order valence-corrected chi connectivity index (χ1v) is 9.60. The van der Waals surface area contributed by atoms with Gasteiger partial charge in [0.2, 0.25) is 5.91 Å². The van der Waals surface area contributed by atoms with E-state index in [0.29, 0.717) is 12.6 Å². The molecule has 0 aliphatic carbocycles. The van der Waals surface area contributed by atoms with Gasteiger partial charge < -0.3 is 5.32 Å². The second-order valence-electron chi connectivity index (χ2n) is 7.09. The smallest absolute Gasteiger partial charge is 0.241 e. The molecule has 1 N–H and O–H groups in total. The molecule has 0 radical (unpaired) electrons. The predicted octanol–water partition coefficient (Wildman–Crippen LogP) is 2.38. The zero-order valence-electron chi connectivity index (χ0n) is 15.6. The highest BCUT2D eigenvalue weighted by molar-refractivity contribution is 5.79. The van der Waals surface area contributed by atoms with E-state index in [1.165, 1.54) is 11.1 Å². The second-order valence-corrected chi connectivity index (χ2v) is 7.09. The molecule has 2 aromatic carbocycles. The van der Waals surface area contributed by atoms with Gasteiger partial charge in [0.1, 0.15) is 12.1 Å². The van der Waals surface area contributed by atoms with Crippen LogP contribution in [0.25, 0.3) is 11.0 Å². The Kier molecular flexibility index (Phi) is 5.16. The van der Waals surface area contributed by atoms with Crippen molar-refractivity contribution in [1.82, 2.24) is 25.2 Å². The van der Waals surface area contributed by atoms with Crippen molar-refractivity contribution in [3.63, 3.8) is 0 Å². The van der Waals surface area contributed by atoms with Crippen molar-refractivity contribution in [2.24, 2.45) is 0 Å². The molecule has 0 fully saturated rings. The van der Waals surface area contributed by atoms with Crippen molar-refractivity contribution in [2.45, 2.75) is 38.9 Å². The normalized spacial score (nSPS) is 15.4. The number of nitrogens with one attached hydrogen (secondary N) is 1. The van der Waals surface area contributed by atoms with Crippen LogP contribution in [0.3, 0.4) is 0 Å². The number of aromatic nitrogens is 3. The number of carbonyl (C=O) groups excluding carboxylic acids is 1. The summed E-state index contributed by atoms with van der Waals surface area (Å²) in [7, 11) is 0. The third kappa shape index (κ3) is 3.85. The number of rotatable bonds is 6. The second kappa shape index (κ2) is 7.88. The molecule has 1 aromatic heterocycles. The van der Waals surface area contributed by atoms with Crippen LogP contribution in [0.1, 0.15) is 24.5 Å². The highest BCUT2D eigenvalue weighted by Gasteiger charge is 2.22. The largest absolute Gasteiger partial charge is 0.353 e. The van der Waals surface area contributed by atoms with Gasteiger partial charge in [-0.1, -0.05) is 48.5 Å². The highest BCUT2D eigenvalue weighted by atomic mass is 16.2. The van der Waals surface area contributed by atoms with E-state index in [-0.39, 0.29) is 12.5 Å². The lowest BCUT2D eigenvalue weighted by atomic mass is 9.98. The molecule has 1 aliphatic rings. The highest BCUT2D eigenvalue weighted by Crippen LogP contribution is 2.21. The average molecular weight is 363 g/mol. The fourth-order valence-electron chi connectivity index (χ4n) is 3.82. The molecule has 0 spiro atoms. The van der Waals surface area contributed by atoms with Crippen molar-refractivity contribution >= 4 is 16.9 Å². The molecule has 6 nitrogen and oxygen atoms in total. The predicted molar refractivity (Wildman–Crippen MR) is 105 cm³/mol. The summed E-state index contributed by atoms with van der Waals surface area (Å²) in [4.78, 5) is 14.9. The van der Waals surface area contributed by atoms with E-state index in [1.54, 1.807) is 4.68 Å². The zero-order chi connectivity index (χ0) is 18.6. The van der Waals surface area contributed by atoms with E-state index in [2.05, 4.69) is 51.7 Å². The molecule has 140 valence electrons. The van der Waals surface area contributed by atoms with Crippen LogP contribution in [-0.2, 0) is 24.3 Å². The molecule has 0 bridgehead atoms. The van der Waals surface area contributed by atoms with Gasteiger partial charge in [-0.05, 0) is 36.1 Å². The minimum atomic E-state index is -0.0264. The number of amides is 1. The van der Waals surface area contributed by atoms with Crippen molar-refractivity contribution < 1.29 is 4.79 Å². The molecule has 1 atom stereocenters. The number of para-hydroxylation sites is 1. The van der Waals surface area contributed by atoms with Gasteiger partial charge in [0.15, 0.2) is 0 Å².